The van der Waals surface area contributed by atoms with E-state index in [-0.39, 0.29) is 12.3 Å². The number of carboxylic acids is 1. The molecule has 0 aliphatic heterocycles. The van der Waals surface area contributed by atoms with E-state index in [9.17, 15) is 9.59 Å². The number of aryl methyl sites for hydroxylation is 1. The van der Waals surface area contributed by atoms with Gasteiger partial charge in [-0.15, -0.1) is 0 Å². The summed E-state index contributed by atoms with van der Waals surface area (Å²) in [6, 6.07) is 5.35. The summed E-state index contributed by atoms with van der Waals surface area (Å²) in [5.41, 5.74) is -0.136. The predicted molar refractivity (Wildman–Crippen MR) is 78.7 cm³/mol. The number of ether oxygens (including phenoxy) is 1. The zero-order chi connectivity index (χ0) is 15.5. The number of hydrogen-bond donors (Lipinski definition) is 2. The van der Waals surface area contributed by atoms with Crippen molar-refractivity contribution in [1.82, 2.24) is 5.32 Å². The number of nitrogens with one attached hydrogen (secondary N) is 1. The molecule has 6 heteroatoms. The number of benzene rings is 1. The van der Waals surface area contributed by atoms with Gasteiger partial charge in [0, 0.05) is 6.42 Å². The van der Waals surface area contributed by atoms with Gasteiger partial charge in [0.05, 0.1) is 12.1 Å². The lowest BCUT2D eigenvalue weighted by atomic mass is 9.76. The first-order chi connectivity index (χ1) is 9.97. The largest absolute Gasteiger partial charge is 0.495 e. The number of aliphatic carboxylic acids is 1. The van der Waals surface area contributed by atoms with E-state index in [1.54, 1.807) is 12.1 Å². The Morgan fingerprint density at radius 1 is 1.43 bits per heavy atom. The molecule has 0 saturated heterocycles. The Balaban J connectivity index is 1.89. The molecule has 5 nitrogen and oxygen atoms in total. The molecule has 1 aliphatic rings. The van der Waals surface area contributed by atoms with Gasteiger partial charge in [0.2, 0.25) is 5.91 Å². The van der Waals surface area contributed by atoms with Crippen LogP contribution in [0.2, 0.25) is 5.02 Å². The highest BCUT2D eigenvalue weighted by atomic mass is 35.5. The molecule has 2 N–H and O–H groups in total. The SMILES string of the molecule is COc1ccc(CCC(=O)NC2(C(=O)O)CCC2)cc1Cl. The van der Waals surface area contributed by atoms with Crippen LogP contribution in [0, 0.1) is 0 Å². The van der Waals surface area contributed by atoms with E-state index >= 15 is 0 Å². The highest BCUT2D eigenvalue weighted by Crippen LogP contribution is 2.32. The number of carboxylic acid groups (broad SMARTS) is 1. The average Bonchev–Trinajstić information content (AvgIpc) is 2.40. The van der Waals surface area contributed by atoms with Crippen molar-refractivity contribution in [3.05, 3.63) is 28.8 Å². The number of rotatable bonds is 6. The van der Waals surface area contributed by atoms with Crippen LogP contribution in [0.1, 0.15) is 31.2 Å². The molecule has 2 rings (SSSR count). The number of methoxy groups -OCH3 is 1. The van der Waals surface area contributed by atoms with Crippen LogP contribution in [0.3, 0.4) is 0 Å². The van der Waals surface area contributed by atoms with E-state index in [1.165, 1.54) is 7.11 Å². The lowest BCUT2D eigenvalue weighted by Gasteiger charge is -2.38. The van der Waals surface area contributed by atoms with Crippen LogP contribution >= 0.6 is 11.6 Å². The van der Waals surface area contributed by atoms with Gasteiger partial charge in [-0.25, -0.2) is 4.79 Å². The standard InChI is InChI=1S/C15H18ClNO4/c1-21-12-5-3-10(9-11(12)16)4-6-13(18)17-15(14(19)20)7-2-8-15/h3,5,9H,2,4,6-8H2,1H3,(H,17,18)(H,19,20). The first-order valence-corrected chi connectivity index (χ1v) is 7.21. The second-order valence-electron chi connectivity index (χ2n) is 5.26. The second-order valence-corrected chi connectivity index (χ2v) is 5.67. The van der Waals surface area contributed by atoms with Crippen molar-refractivity contribution in [1.29, 1.82) is 0 Å². The van der Waals surface area contributed by atoms with Crippen molar-refractivity contribution in [2.45, 2.75) is 37.6 Å². The minimum Gasteiger partial charge on any atom is -0.495 e. The molecule has 0 unspecified atom stereocenters. The van der Waals surface area contributed by atoms with Crippen LogP contribution < -0.4 is 10.1 Å². The summed E-state index contributed by atoms with van der Waals surface area (Å²) in [5.74, 6) is -0.609. The molecule has 1 fully saturated rings. The van der Waals surface area contributed by atoms with E-state index in [0.29, 0.717) is 30.0 Å². The van der Waals surface area contributed by atoms with E-state index < -0.39 is 11.5 Å². The second kappa shape index (κ2) is 6.35. The molecule has 1 aliphatic carbocycles. The third kappa shape index (κ3) is 3.47. The van der Waals surface area contributed by atoms with Gasteiger partial charge >= 0.3 is 5.97 Å². The van der Waals surface area contributed by atoms with Gasteiger partial charge in [-0.3, -0.25) is 4.79 Å². The number of carbonyl (C=O) groups is 2. The minimum absolute atomic E-state index is 0.234. The van der Waals surface area contributed by atoms with E-state index in [0.717, 1.165) is 12.0 Å². The number of amides is 1. The Labute approximate surface area is 128 Å². The maximum atomic E-state index is 11.9. The molecule has 0 aromatic heterocycles. The molecule has 0 radical (unpaired) electrons. The molecule has 0 spiro atoms. The summed E-state index contributed by atoms with van der Waals surface area (Å²) < 4.78 is 5.06. The number of carbonyl (C=O) groups excluding carboxylic acids is 1. The zero-order valence-corrected chi connectivity index (χ0v) is 12.6. The van der Waals surface area contributed by atoms with Gasteiger partial charge in [0.15, 0.2) is 0 Å². The van der Waals surface area contributed by atoms with Crippen molar-refractivity contribution in [2.24, 2.45) is 0 Å². The van der Waals surface area contributed by atoms with Crippen LogP contribution in [0.25, 0.3) is 0 Å². The maximum absolute atomic E-state index is 11.9. The molecule has 0 bridgehead atoms. The summed E-state index contributed by atoms with van der Waals surface area (Å²) in [4.78, 5) is 23.1. The number of halogens is 1. The highest BCUT2D eigenvalue weighted by Gasteiger charge is 2.45. The van der Waals surface area contributed by atoms with Crippen LogP contribution in [0.4, 0.5) is 0 Å². The molecular weight excluding hydrogens is 294 g/mol. The summed E-state index contributed by atoms with van der Waals surface area (Å²) in [6.45, 7) is 0. The van der Waals surface area contributed by atoms with Crippen molar-refractivity contribution in [3.8, 4) is 5.75 Å². The Kier molecular flexibility index (Phi) is 4.73. The predicted octanol–water partition coefficient (Wildman–Crippen LogP) is 2.40. The molecule has 0 atom stereocenters. The minimum atomic E-state index is -1.05. The fourth-order valence-corrected chi connectivity index (χ4v) is 2.66. The van der Waals surface area contributed by atoms with Crippen molar-refractivity contribution >= 4 is 23.5 Å². The highest BCUT2D eigenvalue weighted by molar-refractivity contribution is 6.32. The summed E-state index contributed by atoms with van der Waals surface area (Å²) in [5, 5.41) is 12.3. The molecule has 1 aromatic rings. The lowest BCUT2D eigenvalue weighted by Crippen LogP contribution is -2.59. The average molecular weight is 312 g/mol. The third-order valence-corrected chi connectivity index (χ3v) is 4.15. The summed E-state index contributed by atoms with van der Waals surface area (Å²) in [6.07, 6.45) is 2.58. The van der Waals surface area contributed by atoms with Gasteiger partial charge in [-0.05, 0) is 43.4 Å². The summed E-state index contributed by atoms with van der Waals surface area (Å²) in [7, 11) is 1.54. The van der Waals surface area contributed by atoms with E-state index in [2.05, 4.69) is 5.32 Å². The normalized spacial score (nSPS) is 15.9. The van der Waals surface area contributed by atoms with Gasteiger partial charge < -0.3 is 15.2 Å². The molecule has 21 heavy (non-hydrogen) atoms. The van der Waals surface area contributed by atoms with Crippen molar-refractivity contribution in [3.63, 3.8) is 0 Å². The summed E-state index contributed by atoms with van der Waals surface area (Å²) >= 11 is 6.02. The Morgan fingerprint density at radius 2 is 2.14 bits per heavy atom. The topological polar surface area (TPSA) is 75.6 Å². The number of hydrogen-bond acceptors (Lipinski definition) is 3. The fraction of sp³-hybridized carbons (Fsp3) is 0.467. The van der Waals surface area contributed by atoms with Crippen LogP contribution in [-0.4, -0.2) is 29.6 Å². The van der Waals surface area contributed by atoms with E-state index in [1.807, 2.05) is 6.07 Å². The lowest BCUT2D eigenvalue weighted by molar-refractivity contribution is -0.151. The Hall–Kier alpha value is -1.75. The van der Waals surface area contributed by atoms with Gasteiger partial charge in [-0.2, -0.15) is 0 Å². The van der Waals surface area contributed by atoms with E-state index in [4.69, 9.17) is 21.4 Å². The molecule has 1 aromatic carbocycles. The first-order valence-electron chi connectivity index (χ1n) is 6.84. The maximum Gasteiger partial charge on any atom is 0.329 e. The first kappa shape index (κ1) is 15.6. The fourth-order valence-electron chi connectivity index (χ4n) is 2.38. The van der Waals surface area contributed by atoms with Crippen LogP contribution in [0.15, 0.2) is 18.2 Å². The van der Waals surface area contributed by atoms with Crippen molar-refractivity contribution < 1.29 is 19.4 Å². The molecule has 1 saturated carbocycles. The molecule has 114 valence electrons. The van der Waals surface area contributed by atoms with Crippen LogP contribution in [0.5, 0.6) is 5.75 Å². The zero-order valence-electron chi connectivity index (χ0n) is 11.8. The van der Waals surface area contributed by atoms with Gasteiger partial charge in [0.25, 0.3) is 0 Å². The van der Waals surface area contributed by atoms with Gasteiger partial charge in [-0.1, -0.05) is 17.7 Å². The quantitative estimate of drug-likeness (QED) is 0.846. The third-order valence-electron chi connectivity index (χ3n) is 3.85. The van der Waals surface area contributed by atoms with Gasteiger partial charge in [0.1, 0.15) is 11.3 Å². The molecule has 1 amide bonds. The Morgan fingerprint density at radius 3 is 2.62 bits per heavy atom. The monoisotopic (exact) mass is 311 g/mol. The van der Waals surface area contributed by atoms with Crippen LogP contribution in [-0.2, 0) is 16.0 Å². The molecule has 0 heterocycles. The Bertz CT molecular complexity index is 555. The van der Waals surface area contributed by atoms with Crippen molar-refractivity contribution in [2.75, 3.05) is 7.11 Å². The smallest absolute Gasteiger partial charge is 0.329 e. The molecular formula is C15H18ClNO4.